The molecule has 2 rings (SSSR count). The summed E-state index contributed by atoms with van der Waals surface area (Å²) in [4.78, 5) is 0. The predicted molar refractivity (Wildman–Crippen MR) is 62.9 cm³/mol. The minimum Gasteiger partial charge on any atom is -0.467 e. The Labute approximate surface area is 106 Å². The van der Waals surface area contributed by atoms with Crippen molar-refractivity contribution in [2.45, 2.75) is 12.4 Å². The average molecular weight is 328 g/mol. The van der Waals surface area contributed by atoms with E-state index in [1.54, 1.807) is 6.07 Å². The summed E-state index contributed by atoms with van der Waals surface area (Å²) in [5.74, 6) is 0.301. The number of ether oxygens (including phenoxy) is 2. The highest BCUT2D eigenvalue weighted by molar-refractivity contribution is 9.10. The molecular weight excluding hydrogens is 320 g/mol. The van der Waals surface area contributed by atoms with E-state index >= 15 is 0 Å². The van der Waals surface area contributed by atoms with Crippen LogP contribution in [0, 0.1) is 0 Å². The molecule has 7 heteroatoms. The molecule has 0 fully saturated rings. The van der Waals surface area contributed by atoms with Gasteiger partial charge in [0.15, 0.2) is 6.79 Å². The van der Waals surface area contributed by atoms with Crippen LogP contribution in [0.5, 0.6) is 5.75 Å². The van der Waals surface area contributed by atoms with Gasteiger partial charge in [-0.1, -0.05) is 15.9 Å². The monoisotopic (exact) mass is 326 g/mol. The molecule has 0 amide bonds. The summed E-state index contributed by atoms with van der Waals surface area (Å²) in [7, 11) is 1.64. The van der Waals surface area contributed by atoms with Gasteiger partial charge in [0.25, 0.3) is 0 Å². The third kappa shape index (κ3) is 2.88. The van der Waals surface area contributed by atoms with Crippen LogP contribution in [0.4, 0.5) is 0 Å². The maximum atomic E-state index is 11.1. The van der Waals surface area contributed by atoms with Gasteiger partial charge < -0.3 is 9.47 Å². The van der Waals surface area contributed by atoms with Crippen molar-refractivity contribution in [1.29, 1.82) is 0 Å². The van der Waals surface area contributed by atoms with E-state index in [1.807, 2.05) is 6.07 Å². The lowest BCUT2D eigenvalue weighted by atomic mass is 10.1. The van der Waals surface area contributed by atoms with Gasteiger partial charge >= 0.3 is 0 Å². The largest absolute Gasteiger partial charge is 0.467 e. The second-order valence-corrected chi connectivity index (χ2v) is 7.04. The lowest BCUT2D eigenvalue weighted by molar-refractivity contribution is -0.0169. The molecule has 0 unspecified atom stereocenters. The van der Waals surface area contributed by atoms with Crippen molar-refractivity contribution >= 4 is 35.7 Å². The summed E-state index contributed by atoms with van der Waals surface area (Å²) in [6.45, 7) is 0.536. The van der Waals surface area contributed by atoms with Crippen LogP contribution in [0.25, 0.3) is 0 Å². The summed E-state index contributed by atoms with van der Waals surface area (Å²) in [6.07, 6.45) is 0. The van der Waals surface area contributed by atoms with Crippen LogP contribution >= 0.6 is 26.6 Å². The standard InChI is InChI=1S/C9H8BrClO4S/c10-8-1-6-3-14-5-15-9(6)7(2-8)4-16(11,12)13/h1-2H,3-5H2. The predicted octanol–water partition coefficient (Wildman–Crippen LogP) is 2.38. The Hall–Kier alpha value is -0.300. The van der Waals surface area contributed by atoms with E-state index in [1.165, 1.54) is 0 Å². The molecular formula is C9H8BrClO4S. The van der Waals surface area contributed by atoms with E-state index in [4.69, 9.17) is 20.2 Å². The SMILES string of the molecule is O=S(=O)(Cl)Cc1cc(Br)cc2c1OCOC2. The Bertz CT molecular complexity index is 514. The Balaban J connectivity index is 2.47. The van der Waals surface area contributed by atoms with E-state index in [0.717, 1.165) is 10.0 Å². The van der Waals surface area contributed by atoms with Crippen molar-refractivity contribution in [3.05, 3.63) is 27.7 Å². The van der Waals surface area contributed by atoms with Crippen LogP contribution in [0.1, 0.15) is 11.1 Å². The van der Waals surface area contributed by atoms with Gasteiger partial charge in [-0.05, 0) is 12.1 Å². The first kappa shape index (κ1) is 12.2. The Morgan fingerprint density at radius 3 is 2.88 bits per heavy atom. The van der Waals surface area contributed by atoms with Crippen LogP contribution in [-0.4, -0.2) is 15.2 Å². The van der Waals surface area contributed by atoms with Gasteiger partial charge in [-0.25, -0.2) is 8.42 Å². The molecule has 0 radical (unpaired) electrons. The van der Waals surface area contributed by atoms with Crippen molar-refractivity contribution in [3.8, 4) is 5.75 Å². The fourth-order valence-electron chi connectivity index (χ4n) is 1.55. The summed E-state index contributed by atoms with van der Waals surface area (Å²) in [6, 6.07) is 3.52. The molecule has 1 aromatic rings. The van der Waals surface area contributed by atoms with Crippen molar-refractivity contribution in [3.63, 3.8) is 0 Å². The van der Waals surface area contributed by atoms with Crippen molar-refractivity contribution in [2.24, 2.45) is 0 Å². The highest BCUT2D eigenvalue weighted by Gasteiger charge is 2.19. The zero-order chi connectivity index (χ0) is 11.8. The molecule has 0 aliphatic carbocycles. The Morgan fingerprint density at radius 2 is 2.19 bits per heavy atom. The summed E-state index contributed by atoms with van der Waals surface area (Å²) < 4.78 is 33.3. The number of rotatable bonds is 2. The lowest BCUT2D eigenvalue weighted by Crippen LogP contribution is -2.14. The van der Waals surface area contributed by atoms with Crippen LogP contribution in [-0.2, 0) is 26.1 Å². The minimum absolute atomic E-state index is 0.129. The Morgan fingerprint density at radius 1 is 1.44 bits per heavy atom. The summed E-state index contributed by atoms with van der Waals surface area (Å²) >= 11 is 3.30. The molecule has 0 atom stereocenters. The van der Waals surface area contributed by atoms with Crippen LogP contribution in [0.3, 0.4) is 0 Å². The van der Waals surface area contributed by atoms with E-state index in [-0.39, 0.29) is 12.5 Å². The highest BCUT2D eigenvalue weighted by atomic mass is 79.9. The zero-order valence-electron chi connectivity index (χ0n) is 8.07. The lowest BCUT2D eigenvalue weighted by Gasteiger charge is -2.20. The number of halogens is 2. The third-order valence-electron chi connectivity index (χ3n) is 2.08. The van der Waals surface area contributed by atoms with Gasteiger partial charge in [0, 0.05) is 26.3 Å². The van der Waals surface area contributed by atoms with Gasteiger partial charge in [-0.15, -0.1) is 0 Å². The number of hydrogen-bond acceptors (Lipinski definition) is 4. The molecule has 16 heavy (non-hydrogen) atoms. The van der Waals surface area contributed by atoms with Gasteiger partial charge in [-0.3, -0.25) is 0 Å². The smallest absolute Gasteiger partial charge is 0.236 e. The molecule has 0 spiro atoms. The summed E-state index contributed by atoms with van der Waals surface area (Å²) in [5, 5.41) is 0. The molecule has 1 heterocycles. The van der Waals surface area contributed by atoms with Crippen molar-refractivity contribution < 1.29 is 17.9 Å². The summed E-state index contributed by atoms with van der Waals surface area (Å²) in [5.41, 5.74) is 1.36. The molecule has 0 aromatic heterocycles. The second-order valence-electron chi connectivity index (χ2n) is 3.35. The molecule has 1 aliphatic heterocycles. The molecule has 0 saturated heterocycles. The van der Waals surface area contributed by atoms with Crippen molar-refractivity contribution in [2.75, 3.05) is 6.79 Å². The number of benzene rings is 1. The molecule has 1 aromatic carbocycles. The molecule has 88 valence electrons. The first-order valence-electron chi connectivity index (χ1n) is 4.40. The quantitative estimate of drug-likeness (QED) is 0.783. The minimum atomic E-state index is -3.60. The first-order chi connectivity index (χ1) is 7.46. The van der Waals surface area contributed by atoms with Crippen molar-refractivity contribution in [1.82, 2.24) is 0 Å². The van der Waals surface area contributed by atoms with Crippen LogP contribution in [0.2, 0.25) is 0 Å². The van der Waals surface area contributed by atoms with Crippen LogP contribution in [0.15, 0.2) is 16.6 Å². The first-order valence-corrected chi connectivity index (χ1v) is 7.67. The molecule has 1 aliphatic rings. The zero-order valence-corrected chi connectivity index (χ0v) is 11.2. The van der Waals surface area contributed by atoms with E-state index < -0.39 is 9.05 Å². The number of hydrogen-bond donors (Lipinski definition) is 0. The fourth-order valence-corrected chi connectivity index (χ4v) is 3.04. The average Bonchev–Trinajstić information content (AvgIpc) is 2.14. The van der Waals surface area contributed by atoms with Gasteiger partial charge in [-0.2, -0.15) is 0 Å². The molecule has 0 saturated carbocycles. The second kappa shape index (κ2) is 4.52. The fraction of sp³-hybridized carbons (Fsp3) is 0.333. The number of fused-ring (bicyclic) bond motifs is 1. The van der Waals surface area contributed by atoms with Gasteiger partial charge in [0.05, 0.1) is 12.4 Å². The normalized spacial score (nSPS) is 15.4. The molecule has 4 nitrogen and oxygen atoms in total. The van der Waals surface area contributed by atoms with Gasteiger partial charge in [0.2, 0.25) is 9.05 Å². The van der Waals surface area contributed by atoms with Crippen LogP contribution < -0.4 is 4.74 Å². The third-order valence-corrected chi connectivity index (χ3v) is 3.52. The van der Waals surface area contributed by atoms with E-state index in [9.17, 15) is 8.42 Å². The molecule has 0 bridgehead atoms. The maximum absolute atomic E-state index is 11.1. The Kier molecular flexibility index (Phi) is 3.44. The highest BCUT2D eigenvalue weighted by Crippen LogP contribution is 2.33. The van der Waals surface area contributed by atoms with Gasteiger partial charge in [0.1, 0.15) is 5.75 Å². The maximum Gasteiger partial charge on any atom is 0.236 e. The van der Waals surface area contributed by atoms with E-state index in [2.05, 4.69) is 15.9 Å². The molecule has 0 N–H and O–H groups in total. The topological polar surface area (TPSA) is 52.6 Å². The van der Waals surface area contributed by atoms with E-state index in [0.29, 0.717) is 17.9 Å².